The van der Waals surface area contributed by atoms with Crippen LogP contribution in [0.4, 0.5) is 4.39 Å². The second-order valence-corrected chi connectivity index (χ2v) is 11.6. The van der Waals surface area contributed by atoms with E-state index < -0.39 is 52.5 Å². The second kappa shape index (κ2) is 7.95. The van der Waals surface area contributed by atoms with E-state index in [2.05, 4.69) is 0 Å². The molecule has 4 fully saturated rings. The smallest absolute Gasteiger partial charge is 0.306 e. The Balaban J connectivity index is 1.54. The normalized spacial score (nSPS) is 45.3. The number of hydrogen-bond donors (Lipinski definition) is 0. The third-order valence-electron chi connectivity index (χ3n) is 10.0. The lowest BCUT2D eigenvalue weighted by molar-refractivity contribution is -0.190. The molecular formula is C27H35FO7. The van der Waals surface area contributed by atoms with Crippen molar-refractivity contribution in [2.75, 3.05) is 6.61 Å². The van der Waals surface area contributed by atoms with E-state index in [1.165, 1.54) is 13.0 Å². The van der Waals surface area contributed by atoms with Gasteiger partial charge in [0, 0.05) is 30.6 Å². The molecule has 8 heteroatoms. The number of halogens is 1. The largest absolute Gasteiger partial charge is 0.458 e. The summed E-state index contributed by atoms with van der Waals surface area (Å²) in [4.78, 5) is 50.0. The second-order valence-electron chi connectivity index (χ2n) is 11.6. The van der Waals surface area contributed by atoms with Gasteiger partial charge < -0.3 is 14.2 Å². The number of ether oxygens (including phenoxy) is 3. The number of epoxide rings is 1. The standard InChI is InChI=1S/C27H35FO7/c1-5-6-23(32)35-26(21(31)14-33-15(2)29)10-8-17-18-12-20(28)19-11-16(30)7-9-24(19,3)27(18)22(34-27)13-25(17,26)4/h11,17-18,20,22H,5-10,12-14H2,1-4H3/t17-,18-,20-,22?,24-,25-,26-,27?/m0/s1. The molecule has 0 bridgehead atoms. The predicted octanol–water partition coefficient (Wildman–Crippen LogP) is 3.81. The van der Waals surface area contributed by atoms with E-state index in [0.29, 0.717) is 44.1 Å². The Morgan fingerprint density at radius 1 is 1.20 bits per heavy atom. The summed E-state index contributed by atoms with van der Waals surface area (Å²) in [5, 5.41) is 0. The van der Waals surface area contributed by atoms with Crippen LogP contribution in [0.25, 0.3) is 0 Å². The minimum atomic E-state index is -1.44. The van der Waals surface area contributed by atoms with E-state index in [0.717, 1.165) is 0 Å². The van der Waals surface area contributed by atoms with Crippen LogP contribution in [0.5, 0.6) is 0 Å². The molecule has 5 aliphatic rings. The molecule has 192 valence electrons. The molecule has 3 saturated carbocycles. The Bertz CT molecular complexity index is 1020. The first kappa shape index (κ1) is 24.6. The number of hydrogen-bond acceptors (Lipinski definition) is 7. The SMILES string of the molecule is CCCC(=O)O[C@]1(C(=O)COC(C)=O)CC[C@H]2[C@@H]3C[C@H](F)C4=CC(=O)CC[C@]4(C)C34OC4C[C@@]21C. The number of esters is 2. The van der Waals surface area contributed by atoms with Crippen molar-refractivity contribution in [2.45, 2.75) is 103 Å². The number of ketones is 2. The molecule has 4 aliphatic carbocycles. The molecule has 7 nitrogen and oxygen atoms in total. The first-order valence-corrected chi connectivity index (χ1v) is 12.9. The van der Waals surface area contributed by atoms with Crippen LogP contribution in [0.15, 0.2) is 11.6 Å². The van der Waals surface area contributed by atoms with Crippen molar-refractivity contribution >= 4 is 23.5 Å². The van der Waals surface area contributed by atoms with Crippen molar-refractivity contribution in [3.63, 3.8) is 0 Å². The summed E-state index contributed by atoms with van der Waals surface area (Å²) >= 11 is 0. The van der Waals surface area contributed by atoms with Gasteiger partial charge in [-0.05, 0) is 62.0 Å². The van der Waals surface area contributed by atoms with Crippen LogP contribution in [-0.2, 0) is 33.4 Å². The van der Waals surface area contributed by atoms with Gasteiger partial charge in [-0.3, -0.25) is 19.2 Å². The molecule has 0 radical (unpaired) electrons. The summed E-state index contributed by atoms with van der Waals surface area (Å²) < 4.78 is 33.3. The quantitative estimate of drug-likeness (QED) is 0.412. The highest BCUT2D eigenvalue weighted by Gasteiger charge is 2.83. The van der Waals surface area contributed by atoms with Gasteiger partial charge >= 0.3 is 11.9 Å². The molecule has 8 atom stereocenters. The summed E-state index contributed by atoms with van der Waals surface area (Å²) in [6.45, 7) is 6.63. The summed E-state index contributed by atoms with van der Waals surface area (Å²) in [6, 6.07) is 0. The highest BCUT2D eigenvalue weighted by Crippen LogP contribution is 2.77. The molecule has 35 heavy (non-hydrogen) atoms. The molecule has 1 spiro atoms. The fourth-order valence-corrected chi connectivity index (χ4v) is 8.41. The summed E-state index contributed by atoms with van der Waals surface area (Å²) in [6.07, 6.45) is 3.35. The molecule has 5 rings (SSSR count). The van der Waals surface area contributed by atoms with Crippen molar-refractivity contribution in [2.24, 2.45) is 22.7 Å². The van der Waals surface area contributed by atoms with Gasteiger partial charge in [-0.15, -0.1) is 0 Å². The van der Waals surface area contributed by atoms with E-state index >= 15 is 4.39 Å². The van der Waals surface area contributed by atoms with Crippen LogP contribution < -0.4 is 0 Å². The average molecular weight is 491 g/mol. The highest BCUT2D eigenvalue weighted by molar-refractivity contribution is 5.93. The molecule has 1 aliphatic heterocycles. The average Bonchev–Trinajstić information content (AvgIpc) is 3.44. The minimum Gasteiger partial charge on any atom is -0.458 e. The van der Waals surface area contributed by atoms with Crippen LogP contribution >= 0.6 is 0 Å². The maximum absolute atomic E-state index is 15.7. The molecule has 0 aromatic carbocycles. The lowest BCUT2D eigenvalue weighted by atomic mass is 9.45. The van der Waals surface area contributed by atoms with Gasteiger partial charge in [-0.2, -0.15) is 0 Å². The molecule has 1 saturated heterocycles. The molecule has 0 aromatic rings. The van der Waals surface area contributed by atoms with Gasteiger partial charge in [0.05, 0.1) is 6.10 Å². The molecule has 0 aromatic heterocycles. The molecule has 0 amide bonds. The topological polar surface area (TPSA) is 99.3 Å². The number of fused-ring (bicyclic) bond motifs is 3. The minimum absolute atomic E-state index is 0.0355. The number of Topliss-reactive ketones (excluding diaryl/α,β-unsaturated/α-hetero) is 1. The van der Waals surface area contributed by atoms with Crippen molar-refractivity contribution in [1.82, 2.24) is 0 Å². The number of rotatable bonds is 6. The summed E-state index contributed by atoms with van der Waals surface area (Å²) in [5.74, 6) is -1.75. The zero-order valence-corrected chi connectivity index (χ0v) is 21.0. The van der Waals surface area contributed by atoms with Crippen molar-refractivity contribution < 1.29 is 37.8 Å². The van der Waals surface area contributed by atoms with Crippen LogP contribution in [0, 0.1) is 22.7 Å². The number of alkyl halides is 1. The lowest BCUT2D eigenvalue weighted by Crippen LogP contribution is -2.64. The van der Waals surface area contributed by atoms with Crippen molar-refractivity contribution in [1.29, 1.82) is 0 Å². The van der Waals surface area contributed by atoms with Crippen molar-refractivity contribution in [3.8, 4) is 0 Å². The Morgan fingerprint density at radius 2 is 1.94 bits per heavy atom. The van der Waals surface area contributed by atoms with Gasteiger partial charge in [0.1, 0.15) is 11.8 Å². The zero-order chi connectivity index (χ0) is 25.4. The van der Waals surface area contributed by atoms with E-state index in [4.69, 9.17) is 14.2 Å². The summed E-state index contributed by atoms with van der Waals surface area (Å²) in [5.41, 5.74) is -2.79. The van der Waals surface area contributed by atoms with E-state index in [9.17, 15) is 19.2 Å². The fourth-order valence-electron chi connectivity index (χ4n) is 8.41. The van der Waals surface area contributed by atoms with Crippen LogP contribution in [-0.4, -0.2) is 53.6 Å². The maximum atomic E-state index is 15.7. The van der Waals surface area contributed by atoms with Gasteiger partial charge in [-0.25, -0.2) is 4.39 Å². The zero-order valence-electron chi connectivity index (χ0n) is 21.0. The van der Waals surface area contributed by atoms with Gasteiger partial charge in [0.2, 0.25) is 5.78 Å². The Labute approximate surface area is 205 Å². The number of carbonyl (C=O) groups is 4. The lowest BCUT2D eigenvalue weighted by Gasteiger charge is -2.57. The molecule has 0 N–H and O–H groups in total. The first-order valence-electron chi connectivity index (χ1n) is 12.9. The third kappa shape index (κ3) is 3.17. The van der Waals surface area contributed by atoms with Gasteiger partial charge in [0.15, 0.2) is 18.0 Å². The van der Waals surface area contributed by atoms with E-state index in [1.807, 2.05) is 20.8 Å². The predicted molar refractivity (Wildman–Crippen MR) is 122 cm³/mol. The van der Waals surface area contributed by atoms with Crippen LogP contribution in [0.2, 0.25) is 0 Å². The highest BCUT2D eigenvalue weighted by atomic mass is 19.1. The maximum Gasteiger partial charge on any atom is 0.306 e. The molecular weight excluding hydrogens is 455 g/mol. The monoisotopic (exact) mass is 490 g/mol. The number of carbonyl (C=O) groups excluding carboxylic acids is 4. The molecule has 2 unspecified atom stereocenters. The Hall–Kier alpha value is -2.09. The molecule has 1 heterocycles. The van der Waals surface area contributed by atoms with Crippen LogP contribution in [0.1, 0.15) is 79.1 Å². The van der Waals surface area contributed by atoms with Crippen LogP contribution in [0.3, 0.4) is 0 Å². The van der Waals surface area contributed by atoms with Gasteiger partial charge in [0.25, 0.3) is 0 Å². The van der Waals surface area contributed by atoms with E-state index in [-0.39, 0.29) is 36.6 Å². The summed E-state index contributed by atoms with van der Waals surface area (Å²) in [7, 11) is 0. The Morgan fingerprint density at radius 3 is 2.63 bits per heavy atom. The van der Waals surface area contributed by atoms with E-state index in [1.54, 1.807) is 0 Å². The first-order chi connectivity index (χ1) is 16.4. The Kier molecular flexibility index (Phi) is 5.59. The van der Waals surface area contributed by atoms with Gasteiger partial charge in [-0.1, -0.05) is 20.8 Å². The third-order valence-corrected chi connectivity index (χ3v) is 10.0. The van der Waals surface area contributed by atoms with Crippen molar-refractivity contribution in [3.05, 3.63) is 11.6 Å². The fraction of sp³-hybridized carbons (Fsp3) is 0.778.